The van der Waals surface area contributed by atoms with Crippen LogP contribution in [0.4, 0.5) is 0 Å². The van der Waals surface area contributed by atoms with Crippen LogP contribution in [0.15, 0.2) is 0 Å². The van der Waals surface area contributed by atoms with Crippen molar-refractivity contribution in [1.82, 2.24) is 5.32 Å². The van der Waals surface area contributed by atoms with E-state index in [1.165, 1.54) is 57.8 Å². The molecule has 0 heterocycles. The van der Waals surface area contributed by atoms with Gasteiger partial charge in [-0.2, -0.15) is 0 Å². The Hall–Kier alpha value is -0.610. The van der Waals surface area contributed by atoms with Gasteiger partial charge in [0, 0.05) is 13.2 Å². The highest BCUT2D eigenvalue weighted by Gasteiger charge is 2.25. The number of carbonyl (C=O) groups is 1. The smallest absolute Gasteiger partial charge is 0.323 e. The molecule has 23 heavy (non-hydrogen) atoms. The van der Waals surface area contributed by atoms with Crippen LogP contribution in [0, 0.1) is 0 Å². The fourth-order valence-corrected chi connectivity index (χ4v) is 2.44. The van der Waals surface area contributed by atoms with Crippen LogP contribution in [0.2, 0.25) is 0 Å². The standard InChI is InChI=1S/C19H39NO3/c1-4-5-6-7-8-9-10-11-12-13-16-23-17-14-15-20-19(2,3)18(21)22/h20H,4-17H2,1-3H3,(H,21,22). The molecule has 0 bridgehead atoms. The Morgan fingerprint density at radius 3 is 1.87 bits per heavy atom. The van der Waals surface area contributed by atoms with E-state index in [9.17, 15) is 4.79 Å². The number of hydrogen-bond acceptors (Lipinski definition) is 3. The zero-order valence-corrected chi connectivity index (χ0v) is 15.7. The molecule has 0 rings (SSSR count). The highest BCUT2D eigenvalue weighted by atomic mass is 16.5. The topological polar surface area (TPSA) is 58.6 Å². The second-order valence-corrected chi connectivity index (χ2v) is 7.00. The summed E-state index contributed by atoms with van der Waals surface area (Å²) >= 11 is 0. The molecule has 0 amide bonds. The van der Waals surface area contributed by atoms with Crippen molar-refractivity contribution in [3.05, 3.63) is 0 Å². The van der Waals surface area contributed by atoms with Crippen molar-refractivity contribution in [2.75, 3.05) is 19.8 Å². The zero-order chi connectivity index (χ0) is 17.4. The number of rotatable bonds is 17. The molecule has 0 unspecified atom stereocenters. The predicted octanol–water partition coefficient (Wildman–Crippen LogP) is 4.77. The molecule has 0 aliphatic heterocycles. The SMILES string of the molecule is CCCCCCCCCCCCOCCCNC(C)(C)C(=O)O. The molecule has 4 heteroatoms. The predicted molar refractivity (Wildman–Crippen MR) is 97.0 cm³/mol. The molecule has 0 spiro atoms. The number of carboxylic acid groups (broad SMARTS) is 1. The van der Waals surface area contributed by atoms with E-state index in [4.69, 9.17) is 9.84 Å². The van der Waals surface area contributed by atoms with Crippen LogP contribution in [0.3, 0.4) is 0 Å². The van der Waals surface area contributed by atoms with Crippen LogP contribution >= 0.6 is 0 Å². The largest absolute Gasteiger partial charge is 0.480 e. The van der Waals surface area contributed by atoms with Crippen molar-refractivity contribution < 1.29 is 14.6 Å². The van der Waals surface area contributed by atoms with E-state index >= 15 is 0 Å². The molecule has 0 aliphatic carbocycles. The molecule has 0 aromatic heterocycles. The van der Waals surface area contributed by atoms with Gasteiger partial charge < -0.3 is 15.2 Å². The van der Waals surface area contributed by atoms with Crippen LogP contribution in [0.1, 0.15) is 91.4 Å². The molecule has 0 saturated carbocycles. The Balaban J connectivity index is 3.15. The van der Waals surface area contributed by atoms with Gasteiger partial charge >= 0.3 is 5.97 Å². The van der Waals surface area contributed by atoms with Gasteiger partial charge in [-0.15, -0.1) is 0 Å². The molecule has 4 nitrogen and oxygen atoms in total. The summed E-state index contributed by atoms with van der Waals surface area (Å²) in [5.74, 6) is -0.816. The minimum Gasteiger partial charge on any atom is -0.480 e. The number of nitrogens with one attached hydrogen (secondary N) is 1. The minimum atomic E-state index is -0.851. The number of ether oxygens (including phenoxy) is 1. The number of unbranched alkanes of at least 4 members (excludes halogenated alkanes) is 9. The first kappa shape index (κ1) is 22.4. The van der Waals surface area contributed by atoms with E-state index in [1.807, 2.05) is 0 Å². The van der Waals surface area contributed by atoms with Gasteiger partial charge in [-0.1, -0.05) is 64.7 Å². The number of carboxylic acids is 1. The molecule has 138 valence electrons. The summed E-state index contributed by atoms with van der Waals surface area (Å²) < 4.78 is 5.59. The normalized spacial score (nSPS) is 11.8. The van der Waals surface area contributed by atoms with Crippen molar-refractivity contribution in [1.29, 1.82) is 0 Å². The van der Waals surface area contributed by atoms with E-state index in [0.717, 1.165) is 19.4 Å². The second kappa shape index (κ2) is 14.9. The van der Waals surface area contributed by atoms with Gasteiger partial charge in [0.1, 0.15) is 5.54 Å². The van der Waals surface area contributed by atoms with Gasteiger partial charge in [0.05, 0.1) is 0 Å². The second-order valence-electron chi connectivity index (χ2n) is 7.00. The molecule has 0 fully saturated rings. The minimum absolute atomic E-state index is 0.678. The molecule has 0 atom stereocenters. The fraction of sp³-hybridized carbons (Fsp3) is 0.947. The highest BCUT2D eigenvalue weighted by Crippen LogP contribution is 2.10. The fourth-order valence-electron chi connectivity index (χ4n) is 2.44. The molecule has 0 saturated heterocycles. The van der Waals surface area contributed by atoms with Gasteiger partial charge in [-0.05, 0) is 33.2 Å². The Morgan fingerprint density at radius 1 is 0.870 bits per heavy atom. The molecular formula is C19H39NO3. The molecule has 2 N–H and O–H groups in total. The van der Waals surface area contributed by atoms with E-state index in [1.54, 1.807) is 13.8 Å². The van der Waals surface area contributed by atoms with Gasteiger partial charge in [-0.3, -0.25) is 4.79 Å². The molecular weight excluding hydrogens is 290 g/mol. The first-order chi connectivity index (χ1) is 11.0. The number of hydrogen-bond donors (Lipinski definition) is 2. The Bertz CT molecular complexity index is 280. The lowest BCUT2D eigenvalue weighted by atomic mass is 10.1. The summed E-state index contributed by atoms with van der Waals surface area (Å²) in [7, 11) is 0. The lowest BCUT2D eigenvalue weighted by molar-refractivity contribution is -0.143. The zero-order valence-electron chi connectivity index (χ0n) is 15.7. The summed E-state index contributed by atoms with van der Waals surface area (Å²) in [6, 6.07) is 0. The summed E-state index contributed by atoms with van der Waals surface area (Å²) in [6.07, 6.45) is 14.3. The van der Waals surface area contributed by atoms with Gasteiger partial charge in [0.2, 0.25) is 0 Å². The van der Waals surface area contributed by atoms with E-state index in [0.29, 0.717) is 13.2 Å². The quantitative estimate of drug-likeness (QED) is 0.377. The maximum atomic E-state index is 10.9. The summed E-state index contributed by atoms with van der Waals surface area (Å²) in [4.78, 5) is 10.9. The van der Waals surface area contributed by atoms with Crippen LogP contribution < -0.4 is 5.32 Å². The van der Waals surface area contributed by atoms with E-state index < -0.39 is 11.5 Å². The average molecular weight is 330 g/mol. The average Bonchev–Trinajstić information content (AvgIpc) is 2.51. The Labute approximate surface area is 143 Å². The highest BCUT2D eigenvalue weighted by molar-refractivity contribution is 5.77. The third-order valence-corrected chi connectivity index (χ3v) is 4.21. The lowest BCUT2D eigenvalue weighted by Gasteiger charge is -2.20. The first-order valence-corrected chi connectivity index (χ1v) is 9.57. The van der Waals surface area contributed by atoms with Crippen LogP contribution in [0.25, 0.3) is 0 Å². The Kier molecular flexibility index (Phi) is 14.6. The summed E-state index contributed by atoms with van der Waals surface area (Å²) in [6.45, 7) is 7.84. The van der Waals surface area contributed by atoms with E-state index in [-0.39, 0.29) is 0 Å². The van der Waals surface area contributed by atoms with Gasteiger partial charge in [0.15, 0.2) is 0 Å². The maximum absolute atomic E-state index is 10.9. The summed E-state index contributed by atoms with van der Waals surface area (Å²) in [5, 5.41) is 12.0. The van der Waals surface area contributed by atoms with Crippen LogP contribution in [-0.4, -0.2) is 36.4 Å². The van der Waals surface area contributed by atoms with Crippen molar-refractivity contribution in [3.8, 4) is 0 Å². The monoisotopic (exact) mass is 329 g/mol. The maximum Gasteiger partial charge on any atom is 0.323 e. The first-order valence-electron chi connectivity index (χ1n) is 9.57. The Morgan fingerprint density at radius 2 is 1.35 bits per heavy atom. The third-order valence-electron chi connectivity index (χ3n) is 4.21. The van der Waals surface area contributed by atoms with Crippen LogP contribution in [0.5, 0.6) is 0 Å². The van der Waals surface area contributed by atoms with Crippen molar-refractivity contribution in [2.45, 2.75) is 96.9 Å². The lowest BCUT2D eigenvalue weighted by Crippen LogP contribution is -2.47. The summed E-state index contributed by atoms with van der Waals surface area (Å²) in [5.41, 5.74) is -0.851. The molecule has 0 aliphatic rings. The number of aliphatic carboxylic acids is 1. The molecule has 0 radical (unpaired) electrons. The third kappa shape index (κ3) is 14.7. The van der Waals surface area contributed by atoms with Gasteiger partial charge in [0.25, 0.3) is 0 Å². The van der Waals surface area contributed by atoms with Gasteiger partial charge in [-0.25, -0.2) is 0 Å². The molecule has 0 aromatic carbocycles. The van der Waals surface area contributed by atoms with Crippen molar-refractivity contribution in [3.63, 3.8) is 0 Å². The van der Waals surface area contributed by atoms with Crippen LogP contribution in [-0.2, 0) is 9.53 Å². The molecule has 0 aromatic rings. The van der Waals surface area contributed by atoms with E-state index in [2.05, 4.69) is 12.2 Å². The van der Waals surface area contributed by atoms with Crippen molar-refractivity contribution in [2.24, 2.45) is 0 Å². The van der Waals surface area contributed by atoms with Crippen molar-refractivity contribution >= 4 is 5.97 Å².